The third-order valence-corrected chi connectivity index (χ3v) is 10.8. The molecule has 9 atom stereocenters. The molecule has 0 saturated carbocycles. The Morgan fingerprint density at radius 1 is 1.04 bits per heavy atom. The normalized spacial score (nSPS) is 32.1. The summed E-state index contributed by atoms with van der Waals surface area (Å²) in [5, 5.41) is 13.7. The van der Waals surface area contributed by atoms with Crippen LogP contribution >= 0.6 is 0 Å². The zero-order valence-corrected chi connectivity index (χ0v) is 28.9. The van der Waals surface area contributed by atoms with Gasteiger partial charge in [0.1, 0.15) is 23.7 Å². The Hall–Kier alpha value is -4.28. The van der Waals surface area contributed by atoms with Crippen LogP contribution in [0.15, 0.2) is 72.8 Å². The van der Waals surface area contributed by atoms with Crippen molar-refractivity contribution in [1.82, 2.24) is 10.2 Å². The molecule has 2 aromatic carbocycles. The predicted octanol–water partition coefficient (Wildman–Crippen LogP) is 4.33. The lowest BCUT2D eigenvalue weighted by Gasteiger charge is -2.40. The van der Waals surface area contributed by atoms with Crippen LogP contribution in [-0.4, -0.2) is 76.7 Å². The number of amides is 3. The van der Waals surface area contributed by atoms with Crippen molar-refractivity contribution in [3.8, 4) is 0 Å². The summed E-state index contributed by atoms with van der Waals surface area (Å²) in [7, 11) is 0. The van der Waals surface area contributed by atoms with E-state index in [9.17, 15) is 19.5 Å². The van der Waals surface area contributed by atoms with Gasteiger partial charge in [-0.05, 0) is 55.9 Å². The van der Waals surface area contributed by atoms with Crippen LogP contribution in [0.1, 0.15) is 62.8 Å². The number of carbonyl (C=O) groups excluding carboxylic acids is 4. The fourth-order valence-electron chi connectivity index (χ4n) is 8.04. The number of hydrogen-bond acceptors (Lipinski definition) is 7. The summed E-state index contributed by atoms with van der Waals surface area (Å²) >= 11 is 0. The summed E-state index contributed by atoms with van der Waals surface area (Å²) in [6, 6.07) is 12.7. The molecule has 260 valence electrons. The van der Waals surface area contributed by atoms with E-state index in [1.54, 1.807) is 30.1 Å². The first kappa shape index (κ1) is 34.6. The molecule has 2 N–H and O–H groups in total. The van der Waals surface area contributed by atoms with Crippen LogP contribution in [0, 0.1) is 31.6 Å². The molecule has 0 aromatic heterocycles. The second kappa shape index (κ2) is 13.9. The van der Waals surface area contributed by atoms with Crippen LogP contribution in [0.25, 0.3) is 0 Å². The standard InChI is InChI=1S/C39H47N3O7/c1-6-24(3)29(22-43)42-35-37(46)41(28-21-23(2)17-18-25(28)4)20-12-19-39(35)33(36(42)45)32-30(49-39)15-10-11-16-31(44)40-26(5)34(48-38(32)47)27-13-8-7-9-14-27/h7-10,12-15,17-19,21,24,26,29-30,32-35,43H,6,11,16,20,22H2,1-5H3,(H,40,44)/b15-10-/t24-,26-,29-,30-,32+,33+,34+,35-,39+/m0/s1. The van der Waals surface area contributed by atoms with Crippen molar-refractivity contribution in [3.63, 3.8) is 0 Å². The van der Waals surface area contributed by atoms with Crippen molar-refractivity contribution in [2.45, 2.75) is 89.8 Å². The van der Waals surface area contributed by atoms with E-state index in [2.05, 4.69) is 5.32 Å². The van der Waals surface area contributed by atoms with Crippen LogP contribution in [-0.2, 0) is 28.7 Å². The molecular weight excluding hydrogens is 622 g/mol. The number of hydrogen-bond donors (Lipinski definition) is 2. The van der Waals surface area contributed by atoms with Gasteiger partial charge in [-0.1, -0.05) is 87.0 Å². The molecule has 2 aromatic rings. The number of benzene rings is 2. The van der Waals surface area contributed by atoms with E-state index in [0.29, 0.717) is 18.4 Å². The first-order chi connectivity index (χ1) is 23.5. The van der Waals surface area contributed by atoms with Crippen LogP contribution in [0.4, 0.5) is 5.69 Å². The zero-order chi connectivity index (χ0) is 35.0. The van der Waals surface area contributed by atoms with Gasteiger partial charge < -0.3 is 29.7 Å². The summed E-state index contributed by atoms with van der Waals surface area (Å²) in [5.74, 6) is -3.92. The summed E-state index contributed by atoms with van der Waals surface area (Å²) in [5.41, 5.74) is 1.80. The molecule has 6 rings (SSSR count). The molecule has 10 nitrogen and oxygen atoms in total. The van der Waals surface area contributed by atoms with Crippen molar-refractivity contribution in [1.29, 1.82) is 0 Å². The number of anilines is 1. The Labute approximate surface area is 288 Å². The number of aliphatic hydroxyl groups excluding tert-OH is 1. The second-order valence-electron chi connectivity index (χ2n) is 14.0. The molecule has 4 heterocycles. The topological polar surface area (TPSA) is 125 Å². The lowest BCUT2D eigenvalue weighted by atomic mass is 9.77. The average Bonchev–Trinajstić information content (AvgIpc) is 3.47. The Morgan fingerprint density at radius 2 is 1.80 bits per heavy atom. The smallest absolute Gasteiger partial charge is 0.313 e. The van der Waals surface area contributed by atoms with E-state index < -0.39 is 59.6 Å². The van der Waals surface area contributed by atoms with E-state index >= 15 is 4.79 Å². The number of nitrogens with one attached hydrogen (secondary N) is 1. The molecule has 0 bridgehead atoms. The van der Waals surface area contributed by atoms with Crippen LogP contribution in [0.2, 0.25) is 0 Å². The number of aryl methyl sites for hydroxylation is 2. The number of allylic oxidation sites excluding steroid dienone is 1. The summed E-state index contributed by atoms with van der Waals surface area (Å²) < 4.78 is 13.2. The van der Waals surface area contributed by atoms with Crippen LogP contribution in [0.3, 0.4) is 0 Å². The number of aliphatic hydroxyl groups is 1. The van der Waals surface area contributed by atoms with Crippen molar-refractivity contribution in [3.05, 3.63) is 89.5 Å². The van der Waals surface area contributed by atoms with E-state index in [1.165, 1.54) is 4.90 Å². The lowest BCUT2D eigenvalue weighted by molar-refractivity contribution is -0.162. The highest BCUT2D eigenvalue weighted by Gasteiger charge is 2.73. The third kappa shape index (κ3) is 6.10. The summed E-state index contributed by atoms with van der Waals surface area (Å²) in [6.07, 6.45) is 6.70. The number of carbonyl (C=O) groups is 4. The van der Waals surface area contributed by atoms with Gasteiger partial charge >= 0.3 is 5.97 Å². The molecule has 4 aliphatic rings. The molecule has 0 unspecified atom stereocenters. The largest absolute Gasteiger partial charge is 0.455 e. The number of likely N-dealkylation sites (tertiary alicyclic amines) is 1. The van der Waals surface area contributed by atoms with Crippen molar-refractivity contribution in [2.24, 2.45) is 17.8 Å². The first-order valence-electron chi connectivity index (χ1n) is 17.4. The minimum atomic E-state index is -1.51. The van der Waals surface area contributed by atoms with Gasteiger partial charge in [0.15, 0.2) is 0 Å². The van der Waals surface area contributed by atoms with Crippen LogP contribution in [0.5, 0.6) is 0 Å². The predicted molar refractivity (Wildman–Crippen MR) is 184 cm³/mol. The third-order valence-electron chi connectivity index (χ3n) is 10.8. The minimum absolute atomic E-state index is 0.148. The molecule has 10 heteroatoms. The number of cyclic esters (lactones) is 1. The van der Waals surface area contributed by atoms with E-state index in [1.807, 2.05) is 82.3 Å². The molecule has 4 aliphatic heterocycles. The summed E-state index contributed by atoms with van der Waals surface area (Å²) in [6.45, 7) is 9.51. The van der Waals surface area contributed by atoms with Gasteiger partial charge in [0, 0.05) is 18.7 Å². The molecule has 0 radical (unpaired) electrons. The summed E-state index contributed by atoms with van der Waals surface area (Å²) in [4.78, 5) is 60.5. The zero-order valence-electron chi connectivity index (χ0n) is 28.9. The Balaban J connectivity index is 1.49. The van der Waals surface area contributed by atoms with Crippen molar-refractivity contribution in [2.75, 3.05) is 18.1 Å². The van der Waals surface area contributed by atoms with Crippen molar-refractivity contribution >= 4 is 29.4 Å². The lowest BCUT2D eigenvalue weighted by Crippen LogP contribution is -2.59. The quantitative estimate of drug-likeness (QED) is 0.347. The van der Waals surface area contributed by atoms with Gasteiger partial charge in [-0.25, -0.2) is 0 Å². The average molecular weight is 670 g/mol. The number of nitrogens with zero attached hydrogens (tertiary/aromatic N) is 2. The highest BCUT2D eigenvalue weighted by atomic mass is 16.6. The number of fused-ring (bicyclic) bond motifs is 2. The fraction of sp³-hybridized carbons (Fsp3) is 0.487. The Bertz CT molecular complexity index is 1660. The molecule has 49 heavy (non-hydrogen) atoms. The van der Waals surface area contributed by atoms with Gasteiger partial charge in [-0.15, -0.1) is 0 Å². The highest BCUT2D eigenvalue weighted by molar-refractivity contribution is 6.06. The van der Waals surface area contributed by atoms with Crippen molar-refractivity contribution < 1.29 is 33.8 Å². The molecule has 0 aliphatic carbocycles. The van der Waals surface area contributed by atoms with Gasteiger partial charge in [-0.2, -0.15) is 0 Å². The molecule has 1 spiro atoms. The van der Waals surface area contributed by atoms with E-state index in [-0.39, 0.29) is 37.3 Å². The van der Waals surface area contributed by atoms with Gasteiger partial charge in [0.05, 0.1) is 30.7 Å². The number of rotatable bonds is 6. The van der Waals surface area contributed by atoms with E-state index in [4.69, 9.17) is 9.47 Å². The van der Waals surface area contributed by atoms with Crippen LogP contribution < -0.4 is 10.2 Å². The molecule has 3 amide bonds. The second-order valence-corrected chi connectivity index (χ2v) is 14.0. The SMILES string of the molecule is CC[C@H](C)[C@H](CO)N1C(=O)[C@H]2[C@@H]3C(=O)O[C@@H](c4ccccc4)[C@H](C)NC(=O)CC/C=C\[C@@H]3O[C@]23C=CCN(c2cc(C)ccc2C)C(=O)[C@H]13. The minimum Gasteiger partial charge on any atom is -0.455 e. The fourth-order valence-corrected chi connectivity index (χ4v) is 8.04. The maximum atomic E-state index is 15.0. The Kier molecular flexibility index (Phi) is 9.82. The maximum absolute atomic E-state index is 15.0. The first-order valence-corrected chi connectivity index (χ1v) is 17.4. The molecular formula is C39H47N3O7. The molecule has 2 fully saturated rings. The Morgan fingerprint density at radius 3 is 2.51 bits per heavy atom. The highest BCUT2D eigenvalue weighted by Crippen LogP contribution is 2.54. The van der Waals surface area contributed by atoms with Gasteiger partial charge in [0.25, 0.3) is 5.91 Å². The number of ether oxygens (including phenoxy) is 2. The van der Waals surface area contributed by atoms with E-state index in [0.717, 1.165) is 16.8 Å². The van der Waals surface area contributed by atoms with Gasteiger partial charge in [-0.3, -0.25) is 19.2 Å². The van der Waals surface area contributed by atoms with Gasteiger partial charge in [0.2, 0.25) is 11.8 Å². The number of esters is 1. The maximum Gasteiger partial charge on any atom is 0.313 e. The monoisotopic (exact) mass is 669 g/mol. The molecule has 2 saturated heterocycles.